The van der Waals surface area contributed by atoms with Crippen LogP contribution in [0, 0.1) is 0 Å². The molecule has 1 saturated heterocycles. The average Bonchev–Trinajstić information content (AvgIpc) is 3.08. The number of carbonyl (C=O) groups is 1. The van der Waals surface area contributed by atoms with Crippen LogP contribution >= 0.6 is 54.5 Å². The molecule has 0 atom stereocenters. The Hall–Kier alpha value is -0.210. The summed E-state index contributed by atoms with van der Waals surface area (Å²) in [5, 5.41) is 4.30. The van der Waals surface area contributed by atoms with Gasteiger partial charge < -0.3 is 4.90 Å². The van der Waals surface area contributed by atoms with Crippen molar-refractivity contribution in [3.63, 3.8) is 0 Å². The normalized spacial score (nSPS) is 16.4. The molecule has 21 heavy (non-hydrogen) atoms. The number of nitrogens with zero attached hydrogens (tertiary/aromatic N) is 2. The van der Waals surface area contributed by atoms with Crippen LogP contribution in [0.25, 0.3) is 0 Å². The van der Waals surface area contributed by atoms with E-state index >= 15 is 0 Å². The van der Waals surface area contributed by atoms with Crippen LogP contribution < -0.4 is 0 Å². The van der Waals surface area contributed by atoms with E-state index in [1.165, 1.54) is 5.56 Å². The van der Waals surface area contributed by atoms with Crippen LogP contribution in [0.1, 0.15) is 15.9 Å². The average molecular weight is 450 g/mol. The van der Waals surface area contributed by atoms with Gasteiger partial charge in [-0.2, -0.15) is 11.3 Å². The van der Waals surface area contributed by atoms with E-state index in [0.717, 1.165) is 45.9 Å². The second-order valence-corrected chi connectivity index (χ2v) is 9.47. The highest BCUT2D eigenvalue weighted by Gasteiger charge is 2.24. The highest BCUT2D eigenvalue weighted by molar-refractivity contribution is 9.12. The predicted octanol–water partition coefficient (Wildman–Crippen LogP) is 4.29. The summed E-state index contributed by atoms with van der Waals surface area (Å²) in [5.41, 5.74) is 2.13. The lowest BCUT2D eigenvalue weighted by Gasteiger charge is -2.34. The van der Waals surface area contributed by atoms with Crippen molar-refractivity contribution in [1.29, 1.82) is 0 Å². The van der Waals surface area contributed by atoms with Crippen molar-refractivity contribution in [1.82, 2.24) is 9.80 Å². The molecule has 3 heterocycles. The molecular weight excluding hydrogens is 436 g/mol. The lowest BCUT2D eigenvalue weighted by atomic mass is 10.2. The highest BCUT2D eigenvalue weighted by atomic mass is 79.9. The summed E-state index contributed by atoms with van der Waals surface area (Å²) < 4.78 is 1.88. The van der Waals surface area contributed by atoms with Crippen LogP contribution in [0.3, 0.4) is 0 Å². The largest absolute Gasteiger partial charge is 0.336 e. The quantitative estimate of drug-likeness (QED) is 0.697. The van der Waals surface area contributed by atoms with Gasteiger partial charge in [0, 0.05) is 32.7 Å². The topological polar surface area (TPSA) is 23.6 Å². The Morgan fingerprint density at radius 1 is 1.24 bits per heavy atom. The molecule has 1 fully saturated rings. The monoisotopic (exact) mass is 448 g/mol. The number of thiophene rings is 2. The summed E-state index contributed by atoms with van der Waals surface area (Å²) in [4.78, 5) is 16.9. The summed E-state index contributed by atoms with van der Waals surface area (Å²) >= 11 is 10.2. The van der Waals surface area contributed by atoms with Crippen molar-refractivity contribution in [2.45, 2.75) is 6.54 Å². The third-order valence-corrected chi connectivity index (χ3v) is 6.60. The van der Waals surface area contributed by atoms with E-state index in [2.05, 4.69) is 53.6 Å². The zero-order chi connectivity index (χ0) is 14.8. The summed E-state index contributed by atoms with van der Waals surface area (Å²) in [6.45, 7) is 4.44. The molecule has 3 nitrogen and oxygen atoms in total. The number of amides is 1. The van der Waals surface area contributed by atoms with Crippen LogP contribution in [-0.2, 0) is 6.54 Å². The molecule has 0 N–H and O–H groups in total. The first-order valence-corrected chi connectivity index (χ1v) is 9.95. The third kappa shape index (κ3) is 3.76. The lowest BCUT2D eigenvalue weighted by Crippen LogP contribution is -2.48. The van der Waals surface area contributed by atoms with E-state index < -0.39 is 0 Å². The number of hydrogen-bond acceptors (Lipinski definition) is 4. The fourth-order valence-corrected chi connectivity index (χ4v) is 5.84. The molecule has 112 valence electrons. The maximum absolute atomic E-state index is 12.5. The minimum Gasteiger partial charge on any atom is -0.336 e. The van der Waals surface area contributed by atoms with Crippen LogP contribution in [0.15, 0.2) is 30.5 Å². The van der Waals surface area contributed by atoms with E-state index in [4.69, 9.17) is 0 Å². The molecule has 0 saturated carbocycles. The molecule has 0 bridgehead atoms. The first-order valence-electron chi connectivity index (χ1n) is 6.61. The standard InChI is InChI=1S/C14H14Br2N2OS2/c15-12-7-11(13(16)21-12)14(19)18-4-2-17(3-5-18)8-10-1-6-20-9-10/h1,6-7,9H,2-5,8H2. The van der Waals surface area contributed by atoms with Gasteiger partial charge in [0.15, 0.2) is 0 Å². The minimum absolute atomic E-state index is 0.124. The fourth-order valence-electron chi connectivity index (χ4n) is 2.41. The zero-order valence-electron chi connectivity index (χ0n) is 11.2. The summed E-state index contributed by atoms with van der Waals surface area (Å²) in [6.07, 6.45) is 0. The molecule has 2 aromatic heterocycles. The van der Waals surface area contributed by atoms with Gasteiger partial charge in [-0.3, -0.25) is 9.69 Å². The van der Waals surface area contributed by atoms with Gasteiger partial charge in [-0.25, -0.2) is 0 Å². The van der Waals surface area contributed by atoms with Gasteiger partial charge in [-0.05, 0) is 60.3 Å². The van der Waals surface area contributed by atoms with Crippen molar-refractivity contribution in [3.8, 4) is 0 Å². The van der Waals surface area contributed by atoms with Gasteiger partial charge in [0.2, 0.25) is 0 Å². The zero-order valence-corrected chi connectivity index (χ0v) is 16.0. The first kappa shape index (κ1) is 15.7. The molecule has 3 rings (SSSR count). The third-order valence-electron chi connectivity index (χ3n) is 3.53. The number of halogens is 2. The smallest absolute Gasteiger partial charge is 0.255 e. The van der Waals surface area contributed by atoms with Crippen LogP contribution in [0.2, 0.25) is 0 Å². The maximum Gasteiger partial charge on any atom is 0.255 e. The molecule has 0 unspecified atom stereocenters. The fraction of sp³-hybridized carbons (Fsp3) is 0.357. The summed E-state index contributed by atoms with van der Waals surface area (Å²) in [6, 6.07) is 4.07. The minimum atomic E-state index is 0.124. The number of carbonyl (C=O) groups excluding carboxylic acids is 1. The van der Waals surface area contributed by atoms with Gasteiger partial charge in [0.05, 0.1) is 13.1 Å². The Labute approximate surface area is 148 Å². The molecule has 0 aromatic carbocycles. The Kier molecular flexibility index (Phi) is 5.16. The molecule has 1 amide bonds. The molecule has 2 aromatic rings. The Morgan fingerprint density at radius 3 is 2.57 bits per heavy atom. The molecular formula is C14H14Br2N2OS2. The molecule has 0 aliphatic carbocycles. The van der Waals surface area contributed by atoms with Gasteiger partial charge in [0.1, 0.15) is 0 Å². The van der Waals surface area contributed by atoms with E-state index in [-0.39, 0.29) is 5.91 Å². The highest BCUT2D eigenvalue weighted by Crippen LogP contribution is 2.32. The molecule has 0 spiro atoms. The second-order valence-electron chi connectivity index (χ2n) is 4.94. The van der Waals surface area contributed by atoms with Crippen molar-refractivity contribution in [3.05, 3.63) is 41.6 Å². The van der Waals surface area contributed by atoms with E-state index in [1.54, 1.807) is 22.7 Å². The van der Waals surface area contributed by atoms with Gasteiger partial charge in [0.25, 0.3) is 5.91 Å². The van der Waals surface area contributed by atoms with E-state index in [9.17, 15) is 4.79 Å². The molecule has 1 aliphatic rings. The summed E-state index contributed by atoms with van der Waals surface area (Å²) in [5.74, 6) is 0.124. The summed E-state index contributed by atoms with van der Waals surface area (Å²) in [7, 11) is 0. The van der Waals surface area contributed by atoms with Gasteiger partial charge >= 0.3 is 0 Å². The van der Waals surface area contributed by atoms with Gasteiger partial charge in [-0.1, -0.05) is 0 Å². The SMILES string of the molecule is O=C(c1cc(Br)sc1Br)N1CCN(Cc2ccsc2)CC1. The molecule has 1 aliphatic heterocycles. The Bertz CT molecular complexity index is 619. The molecule has 0 radical (unpaired) electrons. The number of piperazine rings is 1. The van der Waals surface area contributed by atoms with Crippen molar-refractivity contribution < 1.29 is 4.79 Å². The maximum atomic E-state index is 12.5. The first-order chi connectivity index (χ1) is 10.1. The van der Waals surface area contributed by atoms with Crippen molar-refractivity contribution in [2.75, 3.05) is 26.2 Å². The second kappa shape index (κ2) is 6.91. The predicted molar refractivity (Wildman–Crippen MR) is 95.2 cm³/mol. The van der Waals surface area contributed by atoms with Crippen LogP contribution in [0.4, 0.5) is 0 Å². The Balaban J connectivity index is 1.58. The number of rotatable bonds is 3. The van der Waals surface area contributed by atoms with Crippen LogP contribution in [-0.4, -0.2) is 41.9 Å². The van der Waals surface area contributed by atoms with Crippen LogP contribution in [0.5, 0.6) is 0 Å². The number of hydrogen-bond donors (Lipinski definition) is 0. The van der Waals surface area contributed by atoms with Crippen molar-refractivity contribution in [2.24, 2.45) is 0 Å². The van der Waals surface area contributed by atoms with Crippen molar-refractivity contribution >= 4 is 60.4 Å². The Morgan fingerprint density at radius 2 is 2.00 bits per heavy atom. The van der Waals surface area contributed by atoms with Gasteiger partial charge in [-0.15, -0.1) is 11.3 Å². The lowest BCUT2D eigenvalue weighted by molar-refractivity contribution is 0.0628. The van der Waals surface area contributed by atoms with E-state index in [1.807, 2.05) is 11.0 Å². The van der Waals surface area contributed by atoms with E-state index in [0.29, 0.717) is 0 Å². The molecule has 7 heteroatoms.